The van der Waals surface area contributed by atoms with Gasteiger partial charge in [-0.3, -0.25) is 0 Å². The van der Waals surface area contributed by atoms with Crippen LogP contribution in [0.2, 0.25) is 0 Å². The fraction of sp³-hybridized carbons (Fsp3) is 0.417. The van der Waals surface area contributed by atoms with E-state index in [0.29, 0.717) is 18.8 Å². The van der Waals surface area contributed by atoms with Crippen molar-refractivity contribution < 1.29 is 18.3 Å². The first-order chi connectivity index (χ1) is 9.08. The summed E-state index contributed by atoms with van der Waals surface area (Å²) in [5.74, 6) is 0.688. The third-order valence-corrected chi connectivity index (χ3v) is 3.37. The van der Waals surface area contributed by atoms with Crippen LogP contribution in [0.15, 0.2) is 22.7 Å². The molecule has 1 aliphatic heterocycles. The van der Waals surface area contributed by atoms with Crippen LogP contribution >= 0.6 is 15.9 Å². The Bertz CT molecular complexity index is 471. The van der Waals surface area contributed by atoms with E-state index >= 15 is 0 Å². The maximum absolute atomic E-state index is 12.0. The predicted octanol–water partition coefficient (Wildman–Crippen LogP) is 2.84. The summed E-state index contributed by atoms with van der Waals surface area (Å²) in [7, 11) is 0. The summed E-state index contributed by atoms with van der Waals surface area (Å²) in [6, 6.07) is 4.69. The highest BCUT2D eigenvalue weighted by atomic mass is 79.9. The highest BCUT2D eigenvalue weighted by molar-refractivity contribution is 9.10. The van der Waals surface area contributed by atoms with Crippen LogP contribution in [-0.2, 0) is 0 Å². The molecule has 0 bridgehead atoms. The van der Waals surface area contributed by atoms with Crippen molar-refractivity contribution in [3.05, 3.63) is 28.2 Å². The smallest absolute Gasteiger partial charge is 0.315 e. The van der Waals surface area contributed by atoms with E-state index in [2.05, 4.69) is 26.6 Å². The molecule has 19 heavy (non-hydrogen) atoms. The van der Waals surface area contributed by atoms with Gasteiger partial charge in [0, 0.05) is 12.0 Å². The summed E-state index contributed by atoms with van der Waals surface area (Å²) >= 11 is 3.37. The number of ether oxygens (including phenoxy) is 1. The molecule has 0 aliphatic carbocycles. The van der Waals surface area contributed by atoms with E-state index in [1.54, 1.807) is 0 Å². The zero-order chi connectivity index (χ0) is 13.8. The van der Waals surface area contributed by atoms with Crippen LogP contribution in [-0.4, -0.2) is 25.6 Å². The van der Waals surface area contributed by atoms with Crippen LogP contribution in [0.1, 0.15) is 18.0 Å². The lowest BCUT2D eigenvalue weighted by Crippen LogP contribution is -2.41. The molecule has 7 heteroatoms. The normalized spacial score (nSPS) is 17.6. The molecule has 0 saturated carbocycles. The van der Waals surface area contributed by atoms with Gasteiger partial charge < -0.3 is 15.4 Å². The average molecular weight is 335 g/mol. The Balaban J connectivity index is 2.03. The maximum atomic E-state index is 12.0. The Morgan fingerprint density at radius 2 is 2.32 bits per heavy atom. The fourth-order valence-electron chi connectivity index (χ4n) is 1.92. The molecule has 4 nitrogen and oxygen atoms in total. The van der Waals surface area contributed by atoms with Crippen LogP contribution in [0.5, 0.6) is 5.75 Å². The van der Waals surface area contributed by atoms with E-state index in [-0.39, 0.29) is 6.04 Å². The van der Waals surface area contributed by atoms with Crippen molar-refractivity contribution in [2.45, 2.75) is 18.9 Å². The van der Waals surface area contributed by atoms with Gasteiger partial charge in [-0.05, 0) is 22.0 Å². The molecule has 2 N–H and O–H groups in total. The zero-order valence-electron chi connectivity index (χ0n) is 9.96. The number of para-hydroxylation sites is 1. The number of benzene rings is 1. The van der Waals surface area contributed by atoms with Gasteiger partial charge >= 0.3 is 6.03 Å². The Morgan fingerprint density at radius 3 is 3.05 bits per heavy atom. The van der Waals surface area contributed by atoms with Crippen LogP contribution in [0.4, 0.5) is 13.6 Å². The number of alkyl halides is 2. The van der Waals surface area contributed by atoms with E-state index in [1.807, 2.05) is 18.2 Å². The third-order valence-electron chi connectivity index (χ3n) is 2.75. The minimum absolute atomic E-state index is 0.237. The van der Waals surface area contributed by atoms with Crippen LogP contribution in [0.25, 0.3) is 0 Å². The van der Waals surface area contributed by atoms with Crippen molar-refractivity contribution >= 4 is 22.0 Å². The molecule has 2 amide bonds. The molecule has 2 rings (SSSR count). The molecule has 1 aromatic carbocycles. The molecule has 1 unspecified atom stereocenters. The topological polar surface area (TPSA) is 50.4 Å². The SMILES string of the molecule is O=C(NCC(F)F)NC1CCOc2c(Br)cccc21. The van der Waals surface area contributed by atoms with E-state index < -0.39 is 19.0 Å². The Kier molecular flexibility index (Phi) is 4.57. The lowest BCUT2D eigenvalue weighted by molar-refractivity contribution is 0.145. The molecule has 0 saturated heterocycles. The number of carbonyl (C=O) groups excluding carboxylic acids is 1. The molecule has 1 atom stereocenters. The molecule has 0 aromatic heterocycles. The number of amides is 2. The number of urea groups is 1. The van der Waals surface area contributed by atoms with Crippen molar-refractivity contribution in [3.8, 4) is 5.75 Å². The molecule has 1 aromatic rings. The van der Waals surface area contributed by atoms with Crippen molar-refractivity contribution in [2.75, 3.05) is 13.2 Å². The largest absolute Gasteiger partial charge is 0.492 e. The van der Waals surface area contributed by atoms with Gasteiger partial charge in [0.05, 0.1) is 23.7 Å². The molecule has 0 spiro atoms. The van der Waals surface area contributed by atoms with Gasteiger partial charge in [0.2, 0.25) is 0 Å². The van der Waals surface area contributed by atoms with E-state index in [0.717, 1.165) is 10.0 Å². The Hall–Kier alpha value is -1.37. The summed E-state index contributed by atoms with van der Waals surface area (Å²) in [6.45, 7) is -0.185. The summed E-state index contributed by atoms with van der Waals surface area (Å²) < 4.78 is 30.3. The number of hydrogen-bond acceptors (Lipinski definition) is 2. The second-order valence-corrected chi connectivity index (χ2v) is 4.95. The molecule has 1 aliphatic rings. The van der Waals surface area contributed by atoms with E-state index in [4.69, 9.17) is 4.74 Å². The van der Waals surface area contributed by atoms with Gasteiger partial charge in [-0.15, -0.1) is 0 Å². The molecule has 104 valence electrons. The lowest BCUT2D eigenvalue weighted by atomic mass is 10.0. The van der Waals surface area contributed by atoms with Crippen molar-refractivity contribution in [1.82, 2.24) is 10.6 Å². The summed E-state index contributed by atoms with van der Waals surface area (Å²) in [5, 5.41) is 4.80. The molecule has 0 radical (unpaired) electrons. The standard InChI is InChI=1S/C12H13BrF2N2O2/c13-8-3-1-2-7-9(4-5-19-11(7)8)17-12(18)16-6-10(14)15/h1-3,9-10H,4-6H2,(H2,16,17,18). The fourth-order valence-corrected chi connectivity index (χ4v) is 2.41. The maximum Gasteiger partial charge on any atom is 0.315 e. The molecule has 0 fully saturated rings. The van der Waals surface area contributed by atoms with Crippen molar-refractivity contribution in [1.29, 1.82) is 0 Å². The monoisotopic (exact) mass is 334 g/mol. The van der Waals surface area contributed by atoms with Gasteiger partial charge in [-0.2, -0.15) is 0 Å². The van der Waals surface area contributed by atoms with Gasteiger partial charge in [0.25, 0.3) is 6.43 Å². The van der Waals surface area contributed by atoms with Crippen LogP contribution < -0.4 is 15.4 Å². The first kappa shape index (κ1) is 14.0. The van der Waals surface area contributed by atoms with Crippen molar-refractivity contribution in [2.24, 2.45) is 0 Å². The van der Waals surface area contributed by atoms with Crippen LogP contribution in [0.3, 0.4) is 0 Å². The van der Waals surface area contributed by atoms with Gasteiger partial charge in [-0.25, -0.2) is 13.6 Å². The Morgan fingerprint density at radius 1 is 1.53 bits per heavy atom. The first-order valence-electron chi connectivity index (χ1n) is 5.81. The number of hydrogen-bond donors (Lipinski definition) is 2. The highest BCUT2D eigenvalue weighted by Crippen LogP contribution is 2.37. The minimum atomic E-state index is -2.55. The summed E-state index contributed by atoms with van der Waals surface area (Å²) in [5.41, 5.74) is 0.841. The first-order valence-corrected chi connectivity index (χ1v) is 6.61. The molecular weight excluding hydrogens is 322 g/mol. The number of halogens is 3. The third kappa shape index (κ3) is 3.56. The second-order valence-electron chi connectivity index (χ2n) is 4.09. The minimum Gasteiger partial charge on any atom is -0.492 e. The molecule has 1 heterocycles. The number of rotatable bonds is 3. The van der Waals surface area contributed by atoms with E-state index in [1.165, 1.54) is 0 Å². The quantitative estimate of drug-likeness (QED) is 0.893. The number of nitrogens with one attached hydrogen (secondary N) is 2. The number of fused-ring (bicyclic) bond motifs is 1. The summed E-state index contributed by atoms with van der Waals surface area (Å²) in [6.07, 6.45) is -1.95. The highest BCUT2D eigenvalue weighted by Gasteiger charge is 2.24. The van der Waals surface area contributed by atoms with Crippen molar-refractivity contribution in [3.63, 3.8) is 0 Å². The second kappa shape index (κ2) is 6.18. The number of carbonyl (C=O) groups is 1. The zero-order valence-corrected chi connectivity index (χ0v) is 11.5. The summed E-state index contributed by atoms with van der Waals surface area (Å²) in [4.78, 5) is 11.5. The van der Waals surface area contributed by atoms with Gasteiger partial charge in [0.15, 0.2) is 0 Å². The van der Waals surface area contributed by atoms with E-state index in [9.17, 15) is 13.6 Å². The molecular formula is C12H13BrF2N2O2. The van der Waals surface area contributed by atoms with Gasteiger partial charge in [-0.1, -0.05) is 12.1 Å². The van der Waals surface area contributed by atoms with Gasteiger partial charge in [0.1, 0.15) is 5.75 Å². The average Bonchev–Trinajstić information content (AvgIpc) is 2.38. The van der Waals surface area contributed by atoms with Crippen LogP contribution in [0, 0.1) is 0 Å². The Labute approximate surface area is 117 Å². The predicted molar refractivity (Wildman–Crippen MR) is 69.5 cm³/mol. The lowest BCUT2D eigenvalue weighted by Gasteiger charge is -2.27.